The summed E-state index contributed by atoms with van der Waals surface area (Å²) in [4.78, 5) is 10.8. The van der Waals surface area contributed by atoms with E-state index >= 15 is 0 Å². The molecule has 0 aliphatic rings. The molecule has 17 heavy (non-hydrogen) atoms. The zero-order valence-corrected chi connectivity index (χ0v) is 11.3. The van der Waals surface area contributed by atoms with Gasteiger partial charge in [0, 0.05) is 32.2 Å². The van der Waals surface area contributed by atoms with Gasteiger partial charge < -0.3 is 15.4 Å². The van der Waals surface area contributed by atoms with E-state index in [0.29, 0.717) is 12.4 Å². The quantitative estimate of drug-likeness (QED) is 0.860. The summed E-state index contributed by atoms with van der Waals surface area (Å²) in [6.07, 6.45) is 0. The number of nitrogens with two attached hydrogens (primary N) is 1. The molecular weight excluding hydrogens is 216 g/mol. The standard InChI is InChI=1S/C12H22N4O/c1-12(2,3)11-14-9(13)8-10(15-11)16(4)6-7-17-5/h8H,6-7H2,1-5H3,(H2,13,14,15). The number of hydrogen-bond acceptors (Lipinski definition) is 5. The molecule has 0 saturated carbocycles. The van der Waals surface area contributed by atoms with Crippen molar-refractivity contribution >= 4 is 11.6 Å². The summed E-state index contributed by atoms with van der Waals surface area (Å²) in [6, 6.07) is 1.78. The van der Waals surface area contributed by atoms with E-state index in [1.54, 1.807) is 13.2 Å². The first-order valence-electron chi connectivity index (χ1n) is 5.69. The third kappa shape index (κ3) is 3.85. The van der Waals surface area contributed by atoms with Crippen LogP contribution in [0.4, 0.5) is 11.6 Å². The average molecular weight is 238 g/mol. The number of likely N-dealkylation sites (N-methyl/N-ethyl adjacent to an activating group) is 1. The van der Waals surface area contributed by atoms with Crippen molar-refractivity contribution in [3.05, 3.63) is 11.9 Å². The highest BCUT2D eigenvalue weighted by Crippen LogP contribution is 2.22. The Bertz CT molecular complexity index is 373. The van der Waals surface area contributed by atoms with Gasteiger partial charge in [-0.2, -0.15) is 0 Å². The molecule has 0 spiro atoms. The molecular formula is C12H22N4O. The monoisotopic (exact) mass is 238 g/mol. The molecule has 0 radical (unpaired) electrons. The highest BCUT2D eigenvalue weighted by Gasteiger charge is 2.19. The molecule has 0 atom stereocenters. The average Bonchev–Trinajstić information content (AvgIpc) is 2.23. The first-order chi connectivity index (χ1) is 7.84. The van der Waals surface area contributed by atoms with Crippen LogP contribution in [0.3, 0.4) is 0 Å². The molecule has 0 aliphatic heterocycles. The molecule has 1 heterocycles. The van der Waals surface area contributed by atoms with Crippen LogP contribution in [0.25, 0.3) is 0 Å². The summed E-state index contributed by atoms with van der Waals surface area (Å²) in [5.41, 5.74) is 5.71. The van der Waals surface area contributed by atoms with Crippen LogP contribution in [-0.4, -0.2) is 37.3 Å². The number of anilines is 2. The van der Waals surface area contributed by atoms with Crippen molar-refractivity contribution in [1.29, 1.82) is 0 Å². The summed E-state index contributed by atoms with van der Waals surface area (Å²) in [6.45, 7) is 7.64. The number of nitrogen functional groups attached to an aromatic ring is 1. The summed E-state index contributed by atoms with van der Waals surface area (Å²) in [5.74, 6) is 2.10. The second kappa shape index (κ2) is 5.31. The van der Waals surface area contributed by atoms with Crippen LogP contribution in [0.1, 0.15) is 26.6 Å². The van der Waals surface area contributed by atoms with Crippen molar-refractivity contribution in [2.24, 2.45) is 0 Å². The van der Waals surface area contributed by atoms with Gasteiger partial charge in [-0.15, -0.1) is 0 Å². The largest absolute Gasteiger partial charge is 0.384 e. The second-order valence-electron chi connectivity index (χ2n) is 5.14. The van der Waals surface area contributed by atoms with Crippen molar-refractivity contribution < 1.29 is 4.74 Å². The minimum Gasteiger partial charge on any atom is -0.384 e. The predicted octanol–water partition coefficient (Wildman–Crippen LogP) is 1.44. The lowest BCUT2D eigenvalue weighted by Gasteiger charge is -2.22. The van der Waals surface area contributed by atoms with Crippen LogP contribution >= 0.6 is 0 Å². The second-order valence-corrected chi connectivity index (χ2v) is 5.14. The first-order valence-corrected chi connectivity index (χ1v) is 5.69. The van der Waals surface area contributed by atoms with Crippen LogP contribution < -0.4 is 10.6 Å². The van der Waals surface area contributed by atoms with E-state index in [0.717, 1.165) is 18.2 Å². The van der Waals surface area contributed by atoms with Crippen LogP contribution in [0.2, 0.25) is 0 Å². The van der Waals surface area contributed by atoms with E-state index in [1.165, 1.54) is 0 Å². The van der Waals surface area contributed by atoms with Crippen LogP contribution in [-0.2, 0) is 10.2 Å². The number of nitrogens with zero attached hydrogens (tertiary/aromatic N) is 3. The fourth-order valence-corrected chi connectivity index (χ4v) is 1.33. The molecule has 0 aromatic carbocycles. The molecule has 0 aliphatic carbocycles. The Balaban J connectivity index is 2.97. The molecule has 2 N–H and O–H groups in total. The SMILES string of the molecule is COCCN(C)c1cc(N)nc(C(C)(C)C)n1. The molecule has 0 saturated heterocycles. The fourth-order valence-electron chi connectivity index (χ4n) is 1.33. The Morgan fingerprint density at radius 3 is 2.53 bits per heavy atom. The maximum absolute atomic E-state index is 5.81. The van der Waals surface area contributed by atoms with Crippen LogP contribution in [0.5, 0.6) is 0 Å². The normalized spacial score (nSPS) is 11.6. The van der Waals surface area contributed by atoms with E-state index in [-0.39, 0.29) is 5.41 Å². The van der Waals surface area contributed by atoms with E-state index < -0.39 is 0 Å². The van der Waals surface area contributed by atoms with Crippen molar-refractivity contribution in [3.63, 3.8) is 0 Å². The summed E-state index contributed by atoms with van der Waals surface area (Å²) >= 11 is 0. The number of hydrogen-bond donors (Lipinski definition) is 1. The zero-order chi connectivity index (χ0) is 13.1. The van der Waals surface area contributed by atoms with Gasteiger partial charge in [-0.1, -0.05) is 20.8 Å². The van der Waals surface area contributed by atoms with E-state index in [2.05, 4.69) is 30.7 Å². The summed E-state index contributed by atoms with van der Waals surface area (Å²) < 4.78 is 5.05. The summed E-state index contributed by atoms with van der Waals surface area (Å²) in [5, 5.41) is 0. The Morgan fingerprint density at radius 1 is 1.35 bits per heavy atom. The third-order valence-corrected chi connectivity index (χ3v) is 2.43. The van der Waals surface area contributed by atoms with Gasteiger partial charge in [-0.3, -0.25) is 0 Å². The smallest absolute Gasteiger partial charge is 0.138 e. The molecule has 0 amide bonds. The summed E-state index contributed by atoms with van der Waals surface area (Å²) in [7, 11) is 3.65. The van der Waals surface area contributed by atoms with Gasteiger partial charge in [-0.25, -0.2) is 9.97 Å². The maximum atomic E-state index is 5.81. The molecule has 1 aromatic heterocycles. The van der Waals surface area contributed by atoms with Gasteiger partial charge in [0.05, 0.1) is 6.61 Å². The number of aromatic nitrogens is 2. The zero-order valence-electron chi connectivity index (χ0n) is 11.3. The molecule has 0 fully saturated rings. The first kappa shape index (κ1) is 13.7. The van der Waals surface area contributed by atoms with Gasteiger partial charge in [0.1, 0.15) is 17.5 Å². The van der Waals surface area contributed by atoms with Gasteiger partial charge in [-0.05, 0) is 0 Å². The van der Waals surface area contributed by atoms with Crippen molar-refractivity contribution in [2.45, 2.75) is 26.2 Å². The fraction of sp³-hybridized carbons (Fsp3) is 0.667. The lowest BCUT2D eigenvalue weighted by Crippen LogP contribution is -2.25. The molecule has 96 valence electrons. The van der Waals surface area contributed by atoms with Gasteiger partial charge in [0.2, 0.25) is 0 Å². The lowest BCUT2D eigenvalue weighted by molar-refractivity contribution is 0.206. The minimum absolute atomic E-state index is 0.105. The Hall–Kier alpha value is -1.36. The lowest BCUT2D eigenvalue weighted by atomic mass is 9.96. The van der Waals surface area contributed by atoms with Gasteiger partial charge in [0.15, 0.2) is 0 Å². The van der Waals surface area contributed by atoms with E-state index in [4.69, 9.17) is 10.5 Å². The van der Waals surface area contributed by atoms with Crippen molar-refractivity contribution in [1.82, 2.24) is 9.97 Å². The number of methoxy groups -OCH3 is 1. The van der Waals surface area contributed by atoms with Crippen molar-refractivity contribution in [3.8, 4) is 0 Å². The Kier molecular flexibility index (Phi) is 4.28. The van der Waals surface area contributed by atoms with Crippen LogP contribution in [0.15, 0.2) is 6.07 Å². The molecule has 5 heteroatoms. The van der Waals surface area contributed by atoms with Crippen LogP contribution in [0, 0.1) is 0 Å². The molecule has 0 bridgehead atoms. The topological polar surface area (TPSA) is 64.3 Å². The molecule has 5 nitrogen and oxygen atoms in total. The minimum atomic E-state index is -0.105. The Labute approximate surface area is 103 Å². The Morgan fingerprint density at radius 2 is 2.00 bits per heavy atom. The predicted molar refractivity (Wildman–Crippen MR) is 70.3 cm³/mol. The molecule has 1 aromatic rings. The van der Waals surface area contributed by atoms with E-state index in [9.17, 15) is 0 Å². The van der Waals surface area contributed by atoms with Gasteiger partial charge >= 0.3 is 0 Å². The van der Waals surface area contributed by atoms with E-state index in [1.807, 2.05) is 11.9 Å². The maximum Gasteiger partial charge on any atom is 0.138 e. The number of ether oxygens (including phenoxy) is 1. The third-order valence-electron chi connectivity index (χ3n) is 2.43. The molecule has 0 unspecified atom stereocenters. The highest BCUT2D eigenvalue weighted by atomic mass is 16.5. The van der Waals surface area contributed by atoms with Gasteiger partial charge in [0.25, 0.3) is 0 Å². The number of rotatable bonds is 4. The highest BCUT2D eigenvalue weighted by molar-refractivity contribution is 5.47. The van der Waals surface area contributed by atoms with Crippen molar-refractivity contribution in [2.75, 3.05) is 37.9 Å². The molecule has 1 rings (SSSR count).